The van der Waals surface area contributed by atoms with Crippen LogP contribution in [0.5, 0.6) is 0 Å². The summed E-state index contributed by atoms with van der Waals surface area (Å²) in [6, 6.07) is 4.74. The van der Waals surface area contributed by atoms with E-state index in [9.17, 15) is 14.4 Å². The number of benzene rings is 1. The molecule has 5 nitrogen and oxygen atoms in total. The maximum atomic E-state index is 11.9. The molecule has 106 valence electrons. The molecule has 0 bridgehead atoms. The van der Waals surface area contributed by atoms with Crippen molar-refractivity contribution in [2.24, 2.45) is 0 Å². The number of carbonyl (C=O) groups is 3. The molecule has 1 aromatic rings. The number of nitrogens with zero attached hydrogens (tertiary/aromatic N) is 1. The summed E-state index contributed by atoms with van der Waals surface area (Å²) in [4.78, 5) is 36.7. The summed E-state index contributed by atoms with van der Waals surface area (Å²) in [5.41, 5.74) is 0.582. The van der Waals surface area contributed by atoms with E-state index in [2.05, 4.69) is 5.32 Å². The van der Waals surface area contributed by atoms with Gasteiger partial charge in [0.25, 0.3) is 11.7 Å². The molecule has 0 saturated heterocycles. The number of rotatable bonds is 5. The molecule has 1 aliphatic heterocycles. The molecule has 1 aliphatic rings. The number of ketones is 1. The molecular weight excluding hydrogens is 280 g/mol. The predicted octanol–water partition coefficient (Wildman–Crippen LogP) is 1.79. The van der Waals surface area contributed by atoms with Gasteiger partial charge in [-0.2, -0.15) is 0 Å². The first-order valence-electron chi connectivity index (χ1n) is 6.47. The lowest BCUT2D eigenvalue weighted by Crippen LogP contribution is -2.40. The van der Waals surface area contributed by atoms with Gasteiger partial charge in [-0.15, -0.1) is 0 Å². The number of halogens is 1. The minimum absolute atomic E-state index is 0.189. The van der Waals surface area contributed by atoms with Crippen molar-refractivity contribution in [2.75, 3.05) is 18.0 Å². The van der Waals surface area contributed by atoms with Crippen molar-refractivity contribution in [1.29, 1.82) is 0 Å². The zero-order valence-corrected chi connectivity index (χ0v) is 11.9. The molecule has 6 heteroatoms. The Kier molecular flexibility index (Phi) is 4.39. The zero-order valence-electron chi connectivity index (χ0n) is 11.1. The summed E-state index contributed by atoms with van der Waals surface area (Å²) in [6.45, 7) is 2.39. The number of fused-ring (bicyclic) bond motifs is 1. The third kappa shape index (κ3) is 2.67. The number of Topliss-reactive ketones (excluding diaryl/α,β-unsaturated/α-hetero) is 1. The van der Waals surface area contributed by atoms with Crippen molar-refractivity contribution < 1.29 is 14.4 Å². The monoisotopic (exact) mass is 294 g/mol. The molecule has 0 atom stereocenters. The maximum Gasteiger partial charge on any atom is 0.300 e. The second kappa shape index (κ2) is 6.05. The van der Waals surface area contributed by atoms with Crippen LogP contribution in [0.2, 0.25) is 5.02 Å². The summed E-state index contributed by atoms with van der Waals surface area (Å²) in [7, 11) is 0. The van der Waals surface area contributed by atoms with Gasteiger partial charge in [-0.25, -0.2) is 0 Å². The first-order valence-corrected chi connectivity index (χ1v) is 6.85. The van der Waals surface area contributed by atoms with Crippen molar-refractivity contribution >= 4 is 34.9 Å². The fourth-order valence-corrected chi connectivity index (χ4v) is 2.34. The lowest BCUT2D eigenvalue weighted by atomic mass is 10.1. The van der Waals surface area contributed by atoms with E-state index in [0.29, 0.717) is 17.3 Å². The highest BCUT2D eigenvalue weighted by Gasteiger charge is 2.38. The second-order valence-electron chi connectivity index (χ2n) is 4.56. The van der Waals surface area contributed by atoms with Crippen molar-refractivity contribution in [1.82, 2.24) is 5.32 Å². The Morgan fingerprint density at radius 1 is 1.35 bits per heavy atom. The largest absolute Gasteiger partial charge is 0.355 e. The van der Waals surface area contributed by atoms with E-state index >= 15 is 0 Å². The van der Waals surface area contributed by atoms with Gasteiger partial charge in [-0.05, 0) is 18.6 Å². The van der Waals surface area contributed by atoms with Gasteiger partial charge in [0.15, 0.2) is 0 Å². The lowest BCUT2D eigenvalue weighted by molar-refractivity contribution is -0.122. The van der Waals surface area contributed by atoms with Crippen LogP contribution >= 0.6 is 11.6 Å². The Hall–Kier alpha value is -1.88. The van der Waals surface area contributed by atoms with Gasteiger partial charge in [0.1, 0.15) is 6.54 Å². The van der Waals surface area contributed by atoms with Crippen LogP contribution < -0.4 is 10.2 Å². The zero-order chi connectivity index (χ0) is 14.7. The van der Waals surface area contributed by atoms with Gasteiger partial charge in [0, 0.05) is 6.54 Å². The van der Waals surface area contributed by atoms with Gasteiger partial charge in [-0.1, -0.05) is 31.0 Å². The molecule has 0 saturated carbocycles. The smallest absolute Gasteiger partial charge is 0.300 e. The summed E-state index contributed by atoms with van der Waals surface area (Å²) in [5.74, 6) is -1.63. The molecule has 0 aliphatic carbocycles. The van der Waals surface area contributed by atoms with E-state index < -0.39 is 11.7 Å². The van der Waals surface area contributed by atoms with Crippen LogP contribution in [-0.2, 0) is 9.59 Å². The molecule has 2 amide bonds. The van der Waals surface area contributed by atoms with Crippen molar-refractivity contribution in [3.8, 4) is 0 Å². The summed E-state index contributed by atoms with van der Waals surface area (Å²) in [5, 5.41) is 3.00. The Morgan fingerprint density at radius 3 is 2.80 bits per heavy atom. The fraction of sp³-hybridized carbons (Fsp3) is 0.357. The highest BCUT2D eigenvalue weighted by Crippen LogP contribution is 2.35. The van der Waals surface area contributed by atoms with E-state index in [1.54, 1.807) is 12.1 Å². The molecule has 0 unspecified atom stereocenters. The molecule has 1 aromatic carbocycles. The van der Waals surface area contributed by atoms with Crippen molar-refractivity contribution in [2.45, 2.75) is 19.8 Å². The quantitative estimate of drug-likeness (QED) is 0.665. The van der Waals surface area contributed by atoms with E-state index in [1.165, 1.54) is 6.07 Å². The van der Waals surface area contributed by atoms with Gasteiger partial charge in [-0.3, -0.25) is 19.3 Å². The average molecular weight is 295 g/mol. The maximum absolute atomic E-state index is 11.9. The Labute approximate surface area is 121 Å². The number of anilines is 1. The standard InChI is InChI=1S/C14H15ClN2O3/c1-2-3-7-16-11(18)8-17-12-9(13(19)14(17)20)5-4-6-10(12)15/h4-6H,2-3,7-8H2,1H3,(H,16,18). The Bertz CT molecular complexity index is 572. The molecule has 0 fully saturated rings. The summed E-state index contributed by atoms with van der Waals surface area (Å²) in [6.07, 6.45) is 1.84. The Morgan fingerprint density at radius 2 is 2.10 bits per heavy atom. The van der Waals surface area contributed by atoms with Crippen LogP contribution in [0.1, 0.15) is 30.1 Å². The second-order valence-corrected chi connectivity index (χ2v) is 4.97. The highest BCUT2D eigenvalue weighted by atomic mass is 35.5. The molecule has 1 heterocycles. The van der Waals surface area contributed by atoms with Crippen LogP contribution in [0.15, 0.2) is 18.2 Å². The fourth-order valence-electron chi connectivity index (χ4n) is 2.07. The number of nitrogens with one attached hydrogen (secondary N) is 1. The van der Waals surface area contributed by atoms with Gasteiger partial charge < -0.3 is 5.32 Å². The molecule has 0 spiro atoms. The van der Waals surface area contributed by atoms with Crippen LogP contribution in [0, 0.1) is 0 Å². The van der Waals surface area contributed by atoms with Gasteiger partial charge in [0.2, 0.25) is 5.91 Å². The number of hydrogen-bond donors (Lipinski definition) is 1. The first kappa shape index (κ1) is 14.5. The average Bonchev–Trinajstić information content (AvgIpc) is 2.66. The third-order valence-corrected chi connectivity index (χ3v) is 3.40. The summed E-state index contributed by atoms with van der Waals surface area (Å²) >= 11 is 6.03. The minimum atomic E-state index is -0.709. The van der Waals surface area contributed by atoms with E-state index in [0.717, 1.165) is 17.7 Å². The van der Waals surface area contributed by atoms with E-state index in [4.69, 9.17) is 11.6 Å². The number of hydrogen-bond acceptors (Lipinski definition) is 3. The number of amides is 2. The van der Waals surface area contributed by atoms with Gasteiger partial charge >= 0.3 is 0 Å². The van der Waals surface area contributed by atoms with E-state index in [1.807, 2.05) is 6.92 Å². The number of carbonyl (C=O) groups excluding carboxylic acids is 3. The molecule has 0 aromatic heterocycles. The molecule has 0 radical (unpaired) electrons. The normalized spacial score (nSPS) is 13.6. The summed E-state index contributed by atoms with van der Waals surface area (Å²) < 4.78 is 0. The molecule has 1 N–H and O–H groups in total. The molecule has 2 rings (SSSR count). The molecule has 20 heavy (non-hydrogen) atoms. The number of unbranched alkanes of at least 4 members (excludes halogenated alkanes) is 1. The van der Waals surface area contributed by atoms with Crippen molar-refractivity contribution in [3.05, 3.63) is 28.8 Å². The van der Waals surface area contributed by atoms with Crippen LogP contribution in [0.3, 0.4) is 0 Å². The van der Waals surface area contributed by atoms with E-state index in [-0.39, 0.29) is 18.0 Å². The minimum Gasteiger partial charge on any atom is -0.355 e. The van der Waals surface area contributed by atoms with Crippen LogP contribution in [0.25, 0.3) is 0 Å². The third-order valence-electron chi connectivity index (χ3n) is 3.09. The highest BCUT2D eigenvalue weighted by molar-refractivity contribution is 6.54. The lowest BCUT2D eigenvalue weighted by Gasteiger charge is -2.17. The topological polar surface area (TPSA) is 66.5 Å². The first-order chi connectivity index (χ1) is 9.56. The predicted molar refractivity (Wildman–Crippen MR) is 76.1 cm³/mol. The van der Waals surface area contributed by atoms with Gasteiger partial charge in [0.05, 0.1) is 16.3 Å². The Balaban J connectivity index is 2.16. The number of para-hydroxylation sites is 1. The molecular formula is C14H15ClN2O3. The van der Waals surface area contributed by atoms with Crippen LogP contribution in [-0.4, -0.2) is 30.7 Å². The SMILES string of the molecule is CCCCNC(=O)CN1C(=O)C(=O)c2cccc(Cl)c21. The van der Waals surface area contributed by atoms with Crippen molar-refractivity contribution in [3.63, 3.8) is 0 Å². The van der Waals surface area contributed by atoms with Crippen LogP contribution in [0.4, 0.5) is 5.69 Å².